The number of carbonyl (C=O) groups is 1. The topological polar surface area (TPSA) is 57.2 Å². The number of ether oxygens (including phenoxy) is 4. The van der Waals surface area contributed by atoms with E-state index in [1.807, 2.05) is 42.5 Å². The highest BCUT2D eigenvalue weighted by Gasteiger charge is 2.28. The van der Waals surface area contributed by atoms with Crippen LogP contribution in [0.2, 0.25) is 0 Å². The van der Waals surface area contributed by atoms with Gasteiger partial charge in [0.1, 0.15) is 29.0 Å². The maximum atomic E-state index is 12.1. The smallest absolute Gasteiger partial charge is 0.265 e. The predicted molar refractivity (Wildman–Crippen MR) is 118 cm³/mol. The molecule has 1 saturated heterocycles. The molecule has 29 heavy (non-hydrogen) atoms. The molecule has 1 heterocycles. The third-order valence-electron chi connectivity index (χ3n) is 4.14. The Morgan fingerprint density at radius 2 is 1.66 bits per heavy atom. The Hall–Kier alpha value is -2.71. The van der Waals surface area contributed by atoms with E-state index in [1.54, 1.807) is 27.3 Å². The van der Waals surface area contributed by atoms with Crippen molar-refractivity contribution in [2.75, 3.05) is 34.5 Å². The van der Waals surface area contributed by atoms with Crippen LogP contribution >= 0.6 is 24.0 Å². The second-order valence-electron chi connectivity index (χ2n) is 6.02. The van der Waals surface area contributed by atoms with Crippen LogP contribution in [0.3, 0.4) is 0 Å². The molecule has 0 aromatic heterocycles. The van der Waals surface area contributed by atoms with Gasteiger partial charge in [-0.1, -0.05) is 30.0 Å². The zero-order chi connectivity index (χ0) is 20.8. The van der Waals surface area contributed by atoms with Crippen molar-refractivity contribution in [1.82, 2.24) is 4.90 Å². The lowest BCUT2D eigenvalue weighted by molar-refractivity contribution is -0.121. The van der Waals surface area contributed by atoms with E-state index in [0.717, 1.165) is 17.1 Å². The minimum atomic E-state index is -0.102. The fourth-order valence-corrected chi connectivity index (χ4v) is 3.75. The highest BCUT2D eigenvalue weighted by molar-refractivity contribution is 8.26. The zero-order valence-electron chi connectivity index (χ0n) is 16.3. The van der Waals surface area contributed by atoms with Crippen LogP contribution in [0.4, 0.5) is 0 Å². The molecule has 2 aromatic carbocycles. The molecular formula is C21H21NO5S2. The van der Waals surface area contributed by atoms with Gasteiger partial charge in [-0.05, 0) is 48.0 Å². The first-order valence-electron chi connectivity index (χ1n) is 8.81. The van der Waals surface area contributed by atoms with Gasteiger partial charge in [-0.15, -0.1) is 0 Å². The molecule has 0 N–H and O–H groups in total. The SMILES string of the molecule is COc1ccc(OCCOc2ccc(/C=C3\SC(=S)N(C)C3=O)cc2OC)cc1. The van der Waals surface area contributed by atoms with Gasteiger partial charge in [-0.3, -0.25) is 9.69 Å². The van der Waals surface area contributed by atoms with Gasteiger partial charge >= 0.3 is 0 Å². The van der Waals surface area contributed by atoms with Gasteiger partial charge in [-0.2, -0.15) is 0 Å². The van der Waals surface area contributed by atoms with Crippen molar-refractivity contribution in [2.45, 2.75) is 0 Å². The van der Waals surface area contributed by atoms with Gasteiger partial charge in [0.2, 0.25) is 0 Å². The van der Waals surface area contributed by atoms with Crippen LogP contribution in [0.1, 0.15) is 5.56 Å². The highest BCUT2D eigenvalue weighted by atomic mass is 32.2. The number of methoxy groups -OCH3 is 2. The molecule has 2 aromatic rings. The summed E-state index contributed by atoms with van der Waals surface area (Å²) in [6.07, 6.45) is 1.79. The van der Waals surface area contributed by atoms with Crippen LogP contribution < -0.4 is 18.9 Å². The molecule has 1 aliphatic rings. The van der Waals surface area contributed by atoms with Crippen molar-refractivity contribution in [3.8, 4) is 23.0 Å². The quantitative estimate of drug-likeness (QED) is 0.356. The normalized spacial score (nSPS) is 15.0. The van der Waals surface area contributed by atoms with Gasteiger partial charge in [0.05, 0.1) is 19.1 Å². The maximum absolute atomic E-state index is 12.1. The minimum Gasteiger partial charge on any atom is -0.497 e. The molecule has 3 rings (SSSR count). The van der Waals surface area contributed by atoms with Crippen molar-refractivity contribution in [1.29, 1.82) is 0 Å². The standard InChI is InChI=1S/C21H21NO5S2/c1-22-20(23)19(29-21(22)28)13-14-4-9-17(18(12-14)25-3)27-11-10-26-16-7-5-15(24-2)6-8-16/h4-9,12-13H,10-11H2,1-3H3/b19-13-. The second kappa shape index (κ2) is 9.67. The molecule has 8 heteroatoms. The Morgan fingerprint density at radius 1 is 0.966 bits per heavy atom. The third-order valence-corrected chi connectivity index (χ3v) is 5.63. The molecule has 0 spiro atoms. The van der Waals surface area contributed by atoms with Crippen molar-refractivity contribution < 1.29 is 23.7 Å². The number of amides is 1. The minimum absolute atomic E-state index is 0.102. The molecule has 0 unspecified atom stereocenters. The molecule has 0 saturated carbocycles. The zero-order valence-corrected chi connectivity index (χ0v) is 18.0. The summed E-state index contributed by atoms with van der Waals surface area (Å²) < 4.78 is 22.5. The fraction of sp³-hybridized carbons (Fsp3) is 0.238. The first-order valence-corrected chi connectivity index (χ1v) is 10.0. The average Bonchev–Trinajstić information content (AvgIpc) is 2.98. The maximum Gasteiger partial charge on any atom is 0.265 e. The van der Waals surface area contributed by atoms with Gasteiger partial charge < -0.3 is 18.9 Å². The summed E-state index contributed by atoms with van der Waals surface area (Å²) in [7, 11) is 4.87. The van der Waals surface area contributed by atoms with E-state index in [1.165, 1.54) is 16.7 Å². The van der Waals surface area contributed by atoms with E-state index in [2.05, 4.69) is 0 Å². The van der Waals surface area contributed by atoms with Gasteiger partial charge in [0.15, 0.2) is 11.5 Å². The monoisotopic (exact) mass is 431 g/mol. The van der Waals surface area contributed by atoms with Crippen LogP contribution in [-0.2, 0) is 4.79 Å². The molecular weight excluding hydrogens is 410 g/mol. The Balaban J connectivity index is 1.59. The third kappa shape index (κ3) is 5.21. The number of benzene rings is 2. The number of thiocarbonyl (C=S) groups is 1. The number of thioether (sulfide) groups is 1. The van der Waals surface area contributed by atoms with Crippen LogP contribution in [0.5, 0.6) is 23.0 Å². The van der Waals surface area contributed by atoms with E-state index in [0.29, 0.717) is 33.9 Å². The molecule has 0 radical (unpaired) electrons. The van der Waals surface area contributed by atoms with Gasteiger partial charge in [0.25, 0.3) is 5.91 Å². The summed E-state index contributed by atoms with van der Waals surface area (Å²) in [5.41, 5.74) is 0.831. The predicted octanol–water partition coefficient (Wildman–Crippen LogP) is 3.99. The first kappa shape index (κ1) is 21.0. The van der Waals surface area contributed by atoms with Crippen LogP contribution in [0, 0.1) is 0 Å². The number of hydrogen-bond donors (Lipinski definition) is 0. The largest absolute Gasteiger partial charge is 0.497 e. The number of carbonyl (C=O) groups excluding carboxylic acids is 1. The highest BCUT2D eigenvalue weighted by Crippen LogP contribution is 2.34. The molecule has 1 amide bonds. The Bertz CT molecular complexity index is 927. The van der Waals surface area contributed by atoms with Crippen LogP contribution in [0.25, 0.3) is 6.08 Å². The molecule has 152 valence electrons. The van der Waals surface area contributed by atoms with Crippen molar-refractivity contribution in [3.05, 3.63) is 52.9 Å². The number of nitrogens with zero attached hydrogens (tertiary/aromatic N) is 1. The fourth-order valence-electron chi connectivity index (χ4n) is 2.57. The molecule has 0 aliphatic carbocycles. The van der Waals surface area contributed by atoms with E-state index in [-0.39, 0.29) is 5.91 Å². The Labute approximate surface area is 179 Å². The summed E-state index contributed by atoms with van der Waals surface area (Å²) in [5.74, 6) is 2.60. The lowest BCUT2D eigenvalue weighted by Crippen LogP contribution is -2.22. The van der Waals surface area contributed by atoms with Crippen LogP contribution in [0.15, 0.2) is 47.4 Å². The molecule has 0 atom stereocenters. The summed E-state index contributed by atoms with van der Waals surface area (Å²) in [5, 5.41) is 0. The summed E-state index contributed by atoms with van der Waals surface area (Å²) in [6, 6.07) is 12.9. The van der Waals surface area contributed by atoms with Gasteiger partial charge in [-0.25, -0.2) is 0 Å². The molecule has 1 fully saturated rings. The summed E-state index contributed by atoms with van der Waals surface area (Å²) >= 11 is 6.44. The molecule has 1 aliphatic heterocycles. The van der Waals surface area contributed by atoms with Crippen molar-refractivity contribution in [3.63, 3.8) is 0 Å². The second-order valence-corrected chi connectivity index (χ2v) is 7.70. The Morgan fingerprint density at radius 3 is 2.28 bits per heavy atom. The Kier molecular flexibility index (Phi) is 7.00. The first-order chi connectivity index (χ1) is 14.0. The lowest BCUT2D eigenvalue weighted by atomic mass is 10.2. The molecule has 6 nitrogen and oxygen atoms in total. The van der Waals surface area contributed by atoms with E-state index >= 15 is 0 Å². The average molecular weight is 432 g/mol. The summed E-state index contributed by atoms with van der Waals surface area (Å²) in [6.45, 7) is 0.742. The number of likely N-dealkylation sites (N-methyl/N-ethyl adjacent to an activating group) is 1. The van der Waals surface area contributed by atoms with Crippen molar-refractivity contribution in [2.24, 2.45) is 0 Å². The van der Waals surface area contributed by atoms with Gasteiger partial charge in [0, 0.05) is 7.05 Å². The van der Waals surface area contributed by atoms with Crippen LogP contribution in [-0.4, -0.2) is 49.6 Å². The van der Waals surface area contributed by atoms with Crippen molar-refractivity contribution >= 4 is 40.3 Å². The van der Waals surface area contributed by atoms with E-state index in [9.17, 15) is 4.79 Å². The van der Waals surface area contributed by atoms with E-state index in [4.69, 9.17) is 31.2 Å². The summed E-state index contributed by atoms with van der Waals surface area (Å²) in [4.78, 5) is 14.2. The van der Waals surface area contributed by atoms with E-state index < -0.39 is 0 Å². The number of hydrogen-bond acceptors (Lipinski definition) is 7. The lowest BCUT2D eigenvalue weighted by Gasteiger charge is -2.12. The molecule has 0 bridgehead atoms. The number of rotatable bonds is 8.